The summed E-state index contributed by atoms with van der Waals surface area (Å²) in [6.45, 7) is 0.295. The highest BCUT2D eigenvalue weighted by atomic mass is 16.5. The number of aliphatic hydroxyl groups is 1. The standard InChI is InChI=1S/C15H20N2O5/c1-16-8-14(19)17(15(16)20)7-12(18)10-22-9-11-5-3-4-6-13(11)21-2/h3-6,12,18H,7-10H2,1-2H3/t12-/m1/s1. The molecule has 0 aliphatic carbocycles. The van der Waals surface area contributed by atoms with Crippen molar-refractivity contribution in [3.8, 4) is 5.75 Å². The lowest BCUT2D eigenvalue weighted by atomic mass is 10.2. The predicted molar refractivity (Wildman–Crippen MR) is 78.4 cm³/mol. The topological polar surface area (TPSA) is 79.3 Å². The van der Waals surface area contributed by atoms with Crippen molar-refractivity contribution in [2.45, 2.75) is 12.7 Å². The van der Waals surface area contributed by atoms with Gasteiger partial charge in [-0.15, -0.1) is 0 Å². The Balaban J connectivity index is 1.80. The molecule has 1 aromatic rings. The number of hydrogen-bond acceptors (Lipinski definition) is 5. The summed E-state index contributed by atoms with van der Waals surface area (Å²) in [5.41, 5.74) is 0.866. The lowest BCUT2D eigenvalue weighted by Gasteiger charge is -2.18. The Kier molecular flexibility index (Phi) is 5.35. The van der Waals surface area contributed by atoms with Crippen molar-refractivity contribution in [2.24, 2.45) is 0 Å². The number of rotatable bonds is 7. The minimum atomic E-state index is -0.922. The summed E-state index contributed by atoms with van der Waals surface area (Å²) < 4.78 is 10.6. The SMILES string of the molecule is COc1ccccc1COC[C@H](O)CN1C(=O)CN(C)C1=O. The van der Waals surface area contributed by atoms with Gasteiger partial charge in [0.1, 0.15) is 12.3 Å². The number of para-hydroxylation sites is 1. The molecule has 120 valence electrons. The second-order valence-electron chi connectivity index (χ2n) is 5.12. The number of β-amino-alcohol motifs (C(OH)–C–C–N with tert-alkyl or cyclic N) is 1. The van der Waals surface area contributed by atoms with Gasteiger partial charge in [-0.25, -0.2) is 4.79 Å². The number of hydrogen-bond donors (Lipinski definition) is 1. The minimum Gasteiger partial charge on any atom is -0.496 e. The van der Waals surface area contributed by atoms with E-state index in [9.17, 15) is 14.7 Å². The van der Waals surface area contributed by atoms with Crippen molar-refractivity contribution < 1.29 is 24.2 Å². The number of ether oxygens (including phenoxy) is 2. The third kappa shape index (κ3) is 3.75. The van der Waals surface area contributed by atoms with E-state index in [0.717, 1.165) is 10.5 Å². The molecule has 0 aromatic heterocycles. The van der Waals surface area contributed by atoms with Crippen LogP contribution >= 0.6 is 0 Å². The minimum absolute atomic E-state index is 0.0266. The van der Waals surface area contributed by atoms with E-state index in [2.05, 4.69) is 0 Å². The first-order valence-electron chi connectivity index (χ1n) is 6.96. The third-order valence-corrected chi connectivity index (χ3v) is 3.38. The summed E-state index contributed by atoms with van der Waals surface area (Å²) in [6.07, 6.45) is -0.922. The zero-order valence-corrected chi connectivity index (χ0v) is 12.7. The van der Waals surface area contributed by atoms with Gasteiger partial charge in [-0.2, -0.15) is 0 Å². The van der Waals surface area contributed by atoms with Crippen LogP contribution in [-0.4, -0.2) is 66.8 Å². The highest BCUT2D eigenvalue weighted by molar-refractivity contribution is 6.01. The molecule has 0 radical (unpaired) electrons. The third-order valence-electron chi connectivity index (χ3n) is 3.38. The fourth-order valence-electron chi connectivity index (χ4n) is 2.24. The Hall–Kier alpha value is -2.12. The second kappa shape index (κ2) is 7.24. The molecule has 1 aromatic carbocycles. The molecule has 0 saturated carbocycles. The highest BCUT2D eigenvalue weighted by Crippen LogP contribution is 2.18. The summed E-state index contributed by atoms with van der Waals surface area (Å²) in [6, 6.07) is 7.03. The Morgan fingerprint density at radius 2 is 2.05 bits per heavy atom. The van der Waals surface area contributed by atoms with Gasteiger partial charge in [0, 0.05) is 12.6 Å². The van der Waals surface area contributed by atoms with Crippen LogP contribution in [-0.2, 0) is 16.1 Å². The van der Waals surface area contributed by atoms with Gasteiger partial charge in [0.15, 0.2) is 0 Å². The van der Waals surface area contributed by atoms with Crippen LogP contribution in [0.3, 0.4) is 0 Å². The summed E-state index contributed by atoms with van der Waals surface area (Å²) in [5, 5.41) is 9.92. The Bertz CT molecular complexity index is 548. The number of carbonyl (C=O) groups excluding carboxylic acids is 2. The largest absolute Gasteiger partial charge is 0.496 e. The van der Waals surface area contributed by atoms with E-state index in [1.54, 1.807) is 14.2 Å². The van der Waals surface area contributed by atoms with E-state index < -0.39 is 12.1 Å². The smallest absolute Gasteiger partial charge is 0.327 e. The number of urea groups is 1. The number of imide groups is 1. The summed E-state index contributed by atoms with van der Waals surface area (Å²) in [5.74, 6) is 0.403. The predicted octanol–water partition coefficient (Wildman–Crippen LogP) is 0.467. The van der Waals surface area contributed by atoms with Gasteiger partial charge < -0.3 is 19.5 Å². The first-order chi connectivity index (χ1) is 10.5. The first-order valence-corrected chi connectivity index (χ1v) is 6.96. The maximum absolute atomic E-state index is 11.7. The number of amides is 3. The molecule has 0 bridgehead atoms. The maximum Gasteiger partial charge on any atom is 0.327 e. The lowest BCUT2D eigenvalue weighted by Crippen LogP contribution is -2.39. The van der Waals surface area contributed by atoms with E-state index in [0.29, 0.717) is 5.75 Å². The maximum atomic E-state index is 11.7. The molecule has 1 saturated heterocycles. The summed E-state index contributed by atoms with van der Waals surface area (Å²) in [7, 11) is 3.12. The van der Waals surface area contributed by atoms with Crippen molar-refractivity contribution in [2.75, 3.05) is 33.9 Å². The number of aliphatic hydroxyl groups excluding tert-OH is 1. The molecule has 22 heavy (non-hydrogen) atoms. The average Bonchev–Trinajstić information content (AvgIpc) is 2.74. The van der Waals surface area contributed by atoms with Crippen molar-refractivity contribution in [1.82, 2.24) is 9.80 Å². The van der Waals surface area contributed by atoms with Gasteiger partial charge in [-0.3, -0.25) is 9.69 Å². The van der Waals surface area contributed by atoms with Crippen molar-refractivity contribution in [3.63, 3.8) is 0 Å². The number of nitrogens with zero attached hydrogens (tertiary/aromatic N) is 2. The average molecular weight is 308 g/mol. The molecule has 1 fully saturated rings. The lowest BCUT2D eigenvalue weighted by molar-refractivity contribution is -0.126. The van der Waals surface area contributed by atoms with E-state index in [1.807, 2.05) is 24.3 Å². The molecule has 0 spiro atoms. The number of likely N-dealkylation sites (N-methyl/N-ethyl adjacent to an activating group) is 1. The highest BCUT2D eigenvalue weighted by Gasteiger charge is 2.34. The monoisotopic (exact) mass is 308 g/mol. The van der Waals surface area contributed by atoms with Crippen LogP contribution in [0.5, 0.6) is 5.75 Å². The fraction of sp³-hybridized carbons (Fsp3) is 0.467. The van der Waals surface area contributed by atoms with Crippen LogP contribution in [0.4, 0.5) is 4.79 Å². The normalized spacial score (nSPS) is 16.3. The van der Waals surface area contributed by atoms with Crippen LogP contribution in [0, 0.1) is 0 Å². The molecule has 1 N–H and O–H groups in total. The molecule has 1 aliphatic rings. The van der Waals surface area contributed by atoms with E-state index >= 15 is 0 Å². The second-order valence-corrected chi connectivity index (χ2v) is 5.12. The molecule has 1 atom stereocenters. The van der Waals surface area contributed by atoms with Crippen molar-refractivity contribution in [3.05, 3.63) is 29.8 Å². The number of methoxy groups -OCH3 is 1. The van der Waals surface area contributed by atoms with Gasteiger partial charge in [-0.1, -0.05) is 18.2 Å². The zero-order chi connectivity index (χ0) is 16.1. The van der Waals surface area contributed by atoms with Crippen molar-refractivity contribution in [1.29, 1.82) is 0 Å². The van der Waals surface area contributed by atoms with Gasteiger partial charge >= 0.3 is 6.03 Å². The molecule has 1 heterocycles. The first kappa shape index (κ1) is 16.3. The molecule has 3 amide bonds. The number of carbonyl (C=O) groups is 2. The zero-order valence-electron chi connectivity index (χ0n) is 12.7. The van der Waals surface area contributed by atoms with Crippen LogP contribution in [0.25, 0.3) is 0 Å². The summed E-state index contributed by atoms with van der Waals surface area (Å²) in [4.78, 5) is 25.6. The molecular weight excluding hydrogens is 288 g/mol. The molecule has 0 unspecified atom stereocenters. The quantitative estimate of drug-likeness (QED) is 0.741. The Morgan fingerprint density at radius 1 is 1.32 bits per heavy atom. The van der Waals surface area contributed by atoms with Crippen LogP contribution in [0.1, 0.15) is 5.56 Å². The van der Waals surface area contributed by atoms with E-state index in [4.69, 9.17) is 9.47 Å². The van der Waals surface area contributed by atoms with Gasteiger partial charge in [-0.05, 0) is 6.07 Å². The Morgan fingerprint density at radius 3 is 2.68 bits per heavy atom. The van der Waals surface area contributed by atoms with Gasteiger partial charge in [0.2, 0.25) is 5.91 Å². The molecule has 2 rings (SSSR count). The van der Waals surface area contributed by atoms with Gasteiger partial charge in [0.25, 0.3) is 0 Å². The molecule has 1 aliphatic heterocycles. The van der Waals surface area contributed by atoms with Crippen LogP contribution < -0.4 is 4.74 Å². The van der Waals surface area contributed by atoms with Gasteiger partial charge in [0.05, 0.1) is 33.0 Å². The molecule has 7 heteroatoms. The van der Waals surface area contributed by atoms with Crippen LogP contribution in [0.15, 0.2) is 24.3 Å². The molecular formula is C15H20N2O5. The van der Waals surface area contributed by atoms with E-state index in [1.165, 1.54) is 4.90 Å². The van der Waals surface area contributed by atoms with E-state index in [-0.39, 0.29) is 32.2 Å². The van der Waals surface area contributed by atoms with Crippen LogP contribution in [0.2, 0.25) is 0 Å². The Labute approximate surface area is 129 Å². The number of benzene rings is 1. The van der Waals surface area contributed by atoms with Crippen molar-refractivity contribution >= 4 is 11.9 Å². The fourth-order valence-corrected chi connectivity index (χ4v) is 2.24. The summed E-state index contributed by atoms with van der Waals surface area (Å²) >= 11 is 0. The molecule has 7 nitrogen and oxygen atoms in total.